The quantitative estimate of drug-likeness (QED) is 0.189. The first-order valence-corrected chi connectivity index (χ1v) is 21.1. The van der Waals surface area contributed by atoms with Crippen LogP contribution in [-0.4, -0.2) is 47.8 Å². The molecule has 2 aromatic rings. The highest BCUT2D eigenvalue weighted by molar-refractivity contribution is 5.54. The predicted molar refractivity (Wildman–Crippen MR) is 212 cm³/mol. The average Bonchev–Trinajstić information content (AvgIpc) is 3.09. The van der Waals surface area contributed by atoms with E-state index in [4.69, 9.17) is 18.9 Å². The van der Waals surface area contributed by atoms with E-state index >= 15 is 0 Å². The molecule has 52 heavy (non-hydrogen) atoms. The molecule has 2 aliphatic heterocycles. The summed E-state index contributed by atoms with van der Waals surface area (Å²) in [5.74, 6) is 7.49. The Balaban J connectivity index is 0.000000201. The molecular formula is C46H72O6. The van der Waals surface area contributed by atoms with Crippen LogP contribution >= 0.6 is 0 Å². The van der Waals surface area contributed by atoms with Crippen LogP contribution < -0.4 is 18.9 Å². The van der Waals surface area contributed by atoms with Crippen LogP contribution in [0.5, 0.6) is 23.0 Å². The molecule has 2 N–H and O–H groups in total. The molecule has 2 saturated carbocycles. The van der Waals surface area contributed by atoms with Crippen molar-refractivity contribution in [1.82, 2.24) is 0 Å². The molecule has 0 amide bonds. The van der Waals surface area contributed by atoms with Crippen molar-refractivity contribution in [3.63, 3.8) is 0 Å². The number of aliphatic hydroxyl groups is 2. The number of rotatable bonds is 14. The lowest BCUT2D eigenvalue weighted by molar-refractivity contribution is -0.0152. The van der Waals surface area contributed by atoms with Crippen LogP contribution in [0.15, 0.2) is 24.3 Å². The van der Waals surface area contributed by atoms with Gasteiger partial charge in [0.15, 0.2) is 0 Å². The fraction of sp³-hybridized carbons (Fsp3) is 0.739. The standard InChI is InChI=1S/2C23H36O3/c2*1-5-6-7-8-17-14-20(25-12-11-24)22-18-13-16(2)9-10-19(18)23(3,4)26-21(22)15-17/h2*14-16,18-19,24H,5-13H2,1-4H3/t16-,18+,19+;16-,18-,19-/m01/s1. The van der Waals surface area contributed by atoms with E-state index in [1.165, 1.54) is 99.3 Å². The van der Waals surface area contributed by atoms with E-state index in [9.17, 15) is 10.2 Å². The summed E-state index contributed by atoms with van der Waals surface area (Å²) in [4.78, 5) is 0. The first-order valence-electron chi connectivity index (χ1n) is 21.1. The fourth-order valence-corrected chi connectivity index (χ4v) is 9.99. The maximum atomic E-state index is 9.28. The molecule has 6 nitrogen and oxygen atoms in total. The maximum absolute atomic E-state index is 9.28. The van der Waals surface area contributed by atoms with Crippen LogP contribution in [0.1, 0.15) is 167 Å². The summed E-state index contributed by atoms with van der Waals surface area (Å²) in [7, 11) is 0. The maximum Gasteiger partial charge on any atom is 0.127 e. The van der Waals surface area contributed by atoms with Gasteiger partial charge in [0.2, 0.25) is 0 Å². The lowest BCUT2D eigenvalue weighted by atomic mass is 9.64. The third kappa shape index (κ3) is 9.61. The monoisotopic (exact) mass is 721 g/mol. The van der Waals surface area contributed by atoms with Gasteiger partial charge in [0.1, 0.15) is 47.4 Å². The topological polar surface area (TPSA) is 77.4 Å². The predicted octanol–water partition coefficient (Wildman–Crippen LogP) is 11.0. The van der Waals surface area contributed by atoms with Gasteiger partial charge in [0.05, 0.1) is 13.2 Å². The molecule has 0 radical (unpaired) electrons. The number of fused-ring (bicyclic) bond motifs is 6. The Kier molecular flexibility index (Phi) is 14.3. The highest BCUT2D eigenvalue weighted by atomic mass is 16.5. The van der Waals surface area contributed by atoms with Crippen molar-refractivity contribution in [2.75, 3.05) is 26.4 Å². The zero-order valence-electron chi connectivity index (χ0n) is 34.0. The number of hydrogen-bond donors (Lipinski definition) is 2. The molecule has 2 aromatic carbocycles. The van der Waals surface area contributed by atoms with Gasteiger partial charge >= 0.3 is 0 Å². The normalized spacial score (nSPS) is 26.6. The van der Waals surface area contributed by atoms with Crippen LogP contribution in [0.3, 0.4) is 0 Å². The van der Waals surface area contributed by atoms with Gasteiger partial charge in [-0.25, -0.2) is 0 Å². The molecule has 6 atom stereocenters. The highest BCUT2D eigenvalue weighted by Crippen LogP contribution is 2.57. The smallest absolute Gasteiger partial charge is 0.127 e. The lowest BCUT2D eigenvalue weighted by Gasteiger charge is -2.49. The van der Waals surface area contributed by atoms with E-state index < -0.39 is 0 Å². The first-order chi connectivity index (χ1) is 24.9. The van der Waals surface area contributed by atoms with E-state index in [1.807, 2.05) is 0 Å². The van der Waals surface area contributed by atoms with Crippen molar-refractivity contribution in [3.05, 3.63) is 46.5 Å². The summed E-state index contributed by atoms with van der Waals surface area (Å²) in [5.41, 5.74) is 4.84. The summed E-state index contributed by atoms with van der Waals surface area (Å²) in [6.07, 6.45) is 16.9. The molecule has 0 aromatic heterocycles. The Labute approximate surface area is 316 Å². The van der Waals surface area contributed by atoms with Crippen LogP contribution in [0, 0.1) is 23.7 Å². The highest BCUT2D eigenvalue weighted by Gasteiger charge is 2.48. The fourth-order valence-electron chi connectivity index (χ4n) is 9.99. The van der Waals surface area contributed by atoms with Gasteiger partial charge in [-0.1, -0.05) is 66.2 Å². The molecule has 6 heteroatoms. The molecule has 0 bridgehead atoms. The van der Waals surface area contributed by atoms with E-state index in [2.05, 4.69) is 79.7 Å². The molecule has 292 valence electrons. The SMILES string of the molecule is CCCCCc1cc(OCCO)c2c(c1)OC(C)(C)[C@@H]1CC[C@@H](C)C[C@@H]21.CCCCCc1cc(OCCO)c2c(c1)OC(C)(C)[C@@H]1CC[C@H](C)C[C@@H]21. The molecule has 6 rings (SSSR count). The van der Waals surface area contributed by atoms with Crippen molar-refractivity contribution in [2.24, 2.45) is 23.7 Å². The Bertz CT molecular complexity index is 1320. The van der Waals surface area contributed by atoms with Crippen molar-refractivity contribution >= 4 is 0 Å². The minimum atomic E-state index is -0.131. The minimum absolute atomic E-state index is 0.0473. The number of ether oxygens (including phenoxy) is 4. The second-order valence-corrected chi connectivity index (χ2v) is 17.7. The molecule has 0 saturated heterocycles. The summed E-state index contributed by atoms with van der Waals surface area (Å²) in [5, 5.41) is 18.6. The minimum Gasteiger partial charge on any atom is -0.491 e. The van der Waals surface area contributed by atoms with Gasteiger partial charge in [-0.2, -0.15) is 0 Å². The zero-order valence-corrected chi connectivity index (χ0v) is 34.0. The second kappa shape index (κ2) is 18.3. The van der Waals surface area contributed by atoms with Gasteiger partial charge in [-0.05, 0) is 138 Å². The molecular weight excluding hydrogens is 649 g/mol. The summed E-state index contributed by atoms with van der Waals surface area (Å²) in [6.45, 7) is 19.0. The Morgan fingerprint density at radius 3 is 1.38 bits per heavy atom. The van der Waals surface area contributed by atoms with Crippen molar-refractivity contribution < 1.29 is 29.2 Å². The van der Waals surface area contributed by atoms with Crippen LogP contribution in [0.4, 0.5) is 0 Å². The number of unbranched alkanes of at least 4 members (excludes halogenated alkanes) is 4. The van der Waals surface area contributed by atoms with Gasteiger partial charge < -0.3 is 29.2 Å². The van der Waals surface area contributed by atoms with E-state index in [0.29, 0.717) is 36.9 Å². The Morgan fingerprint density at radius 2 is 1.02 bits per heavy atom. The van der Waals surface area contributed by atoms with E-state index in [-0.39, 0.29) is 24.4 Å². The zero-order chi connectivity index (χ0) is 37.5. The lowest BCUT2D eigenvalue weighted by Crippen LogP contribution is -2.46. The molecule has 0 spiro atoms. The molecule has 2 fully saturated rings. The van der Waals surface area contributed by atoms with Crippen LogP contribution in [-0.2, 0) is 12.8 Å². The third-order valence-corrected chi connectivity index (χ3v) is 12.7. The summed E-state index contributed by atoms with van der Waals surface area (Å²) in [6, 6.07) is 8.94. The van der Waals surface area contributed by atoms with Crippen molar-refractivity contribution in [2.45, 2.75) is 168 Å². The van der Waals surface area contributed by atoms with E-state index in [1.54, 1.807) is 0 Å². The number of benzene rings is 2. The van der Waals surface area contributed by atoms with Gasteiger partial charge in [-0.15, -0.1) is 0 Å². The second-order valence-electron chi connectivity index (χ2n) is 17.7. The van der Waals surface area contributed by atoms with Crippen LogP contribution in [0.2, 0.25) is 0 Å². The first kappa shape index (κ1) is 40.7. The van der Waals surface area contributed by atoms with E-state index in [0.717, 1.165) is 47.7 Å². The third-order valence-electron chi connectivity index (χ3n) is 12.7. The Morgan fingerprint density at radius 1 is 0.615 bits per heavy atom. The summed E-state index contributed by atoms with van der Waals surface area (Å²) < 4.78 is 25.1. The van der Waals surface area contributed by atoms with Gasteiger partial charge in [0.25, 0.3) is 0 Å². The average molecular weight is 721 g/mol. The van der Waals surface area contributed by atoms with Crippen LogP contribution in [0.25, 0.3) is 0 Å². The molecule has 2 aliphatic carbocycles. The molecule has 4 aliphatic rings. The molecule has 2 heterocycles. The number of aryl methyl sites for hydroxylation is 2. The molecule has 0 unspecified atom stereocenters. The number of hydrogen-bond acceptors (Lipinski definition) is 6. The van der Waals surface area contributed by atoms with Crippen molar-refractivity contribution in [1.29, 1.82) is 0 Å². The Hall–Kier alpha value is -2.44. The van der Waals surface area contributed by atoms with Gasteiger partial charge in [0, 0.05) is 23.0 Å². The largest absolute Gasteiger partial charge is 0.491 e. The summed E-state index contributed by atoms with van der Waals surface area (Å²) >= 11 is 0. The van der Waals surface area contributed by atoms with Gasteiger partial charge in [-0.3, -0.25) is 0 Å². The number of aliphatic hydroxyl groups excluding tert-OH is 2. The van der Waals surface area contributed by atoms with Crippen molar-refractivity contribution in [3.8, 4) is 23.0 Å².